The summed E-state index contributed by atoms with van der Waals surface area (Å²) in [6, 6.07) is 0. The van der Waals surface area contributed by atoms with Crippen LogP contribution < -0.4 is 5.43 Å². The number of thiazole rings is 1. The Labute approximate surface area is 68.5 Å². The van der Waals surface area contributed by atoms with Crippen molar-refractivity contribution in [3.8, 4) is 5.63 Å². The molecule has 0 spiro atoms. The molecule has 1 rings (SSSR count). The van der Waals surface area contributed by atoms with Gasteiger partial charge in [-0.25, -0.2) is 0 Å². The molecule has 0 unspecified atom stereocenters. The summed E-state index contributed by atoms with van der Waals surface area (Å²) in [4.78, 5) is 3.90. The van der Waals surface area contributed by atoms with Gasteiger partial charge < -0.3 is 0 Å². The Hall–Kier alpha value is -0.890. The third kappa shape index (κ3) is 3.14. The monoisotopic (exact) mass is 185 g/mol. The number of anilines is 1. The predicted octanol–water partition coefficient (Wildman–Crippen LogP) is 1.79. The quantitative estimate of drug-likeness (QED) is 0.434. The first-order valence-corrected chi connectivity index (χ1v) is 4.37. The van der Waals surface area contributed by atoms with Crippen LogP contribution in [0.15, 0.2) is 16.7 Å². The van der Waals surface area contributed by atoms with Crippen LogP contribution in [0.1, 0.15) is 0 Å². The fraction of sp³-hybridized carbons (Fsp3) is 0. The van der Waals surface area contributed by atoms with E-state index in [4.69, 9.17) is 0 Å². The zero-order chi connectivity index (χ0) is 7.94. The summed E-state index contributed by atoms with van der Waals surface area (Å²) >= 11 is 1.44. The normalized spacial score (nSPS) is 9.45. The summed E-state index contributed by atoms with van der Waals surface area (Å²) in [5.74, 6) is 0. The minimum absolute atomic E-state index is 0.170. The van der Waals surface area contributed by atoms with Gasteiger partial charge in [0.2, 0.25) is 0 Å². The van der Waals surface area contributed by atoms with E-state index in [0.29, 0.717) is 5.13 Å². The molecule has 0 aliphatic carbocycles. The van der Waals surface area contributed by atoms with Crippen molar-refractivity contribution < 1.29 is 4.57 Å². The number of hydrazone groups is 1. The van der Waals surface area contributed by atoms with E-state index in [1.807, 2.05) is 5.38 Å². The van der Waals surface area contributed by atoms with Gasteiger partial charge in [0, 0.05) is 0 Å². The van der Waals surface area contributed by atoms with Crippen molar-refractivity contribution >= 4 is 30.6 Å². The first-order chi connectivity index (χ1) is 5.43. The van der Waals surface area contributed by atoms with Gasteiger partial charge in [0.15, 0.2) is 0 Å². The van der Waals surface area contributed by atoms with E-state index in [1.165, 1.54) is 17.6 Å². The third-order valence-electron chi connectivity index (χ3n) is 0.768. The summed E-state index contributed by atoms with van der Waals surface area (Å²) in [5, 5.41) is 6.19. The number of hydrogen-bond acceptors (Lipinski definition) is 5. The van der Waals surface area contributed by atoms with E-state index in [9.17, 15) is 4.57 Å². The van der Waals surface area contributed by atoms with Crippen LogP contribution in [0, 0.1) is 5.63 Å². The first-order valence-electron chi connectivity index (χ1n) is 2.68. The van der Waals surface area contributed by atoms with Crippen molar-refractivity contribution in [1.29, 1.82) is 0 Å². The Bertz CT molecular complexity index is 328. The Morgan fingerprint density at radius 1 is 1.91 bits per heavy atom. The summed E-state index contributed by atoms with van der Waals surface area (Å²) in [6.45, 7) is 0. The molecule has 0 radical (unpaired) electrons. The number of nitrogens with one attached hydrogen (secondary N) is 1. The second-order valence-corrected chi connectivity index (χ2v) is 2.76. The van der Waals surface area contributed by atoms with Gasteiger partial charge >= 0.3 is 67.9 Å². The number of hydrogen-bond donors (Lipinski definition) is 1. The molecule has 0 atom stereocenters. The van der Waals surface area contributed by atoms with Crippen molar-refractivity contribution in [2.24, 2.45) is 5.10 Å². The van der Waals surface area contributed by atoms with Crippen LogP contribution in [0.2, 0.25) is 0 Å². The number of rotatable bonds is 2. The molecule has 0 aromatic carbocycles. The molecule has 0 aliphatic rings. The number of nitrogens with zero attached hydrogens (tertiary/aromatic N) is 2. The van der Waals surface area contributed by atoms with Crippen LogP contribution in [-0.2, 0) is 4.57 Å². The molecule has 0 aliphatic heterocycles. The van der Waals surface area contributed by atoms with Crippen molar-refractivity contribution in [2.45, 2.75) is 0 Å². The number of aromatic nitrogens is 1. The Morgan fingerprint density at radius 3 is 3.45 bits per heavy atom. The SMILES string of the molecule is O=P#CC=NNc1nccs1. The molecule has 4 nitrogen and oxygen atoms in total. The molecule has 1 heterocycles. The summed E-state index contributed by atoms with van der Waals surface area (Å²) in [6.07, 6.45) is 2.96. The van der Waals surface area contributed by atoms with Gasteiger partial charge in [0.05, 0.1) is 0 Å². The van der Waals surface area contributed by atoms with Crippen LogP contribution in [0.25, 0.3) is 0 Å². The van der Waals surface area contributed by atoms with Crippen molar-refractivity contribution in [3.63, 3.8) is 0 Å². The molecular weight excluding hydrogens is 181 g/mol. The molecule has 0 bridgehead atoms. The van der Waals surface area contributed by atoms with Gasteiger partial charge in [-0.05, 0) is 0 Å². The topological polar surface area (TPSA) is 54.4 Å². The molecule has 6 heteroatoms. The Morgan fingerprint density at radius 2 is 2.82 bits per heavy atom. The van der Waals surface area contributed by atoms with Gasteiger partial charge in [-0.3, -0.25) is 0 Å². The predicted molar refractivity (Wildman–Crippen MR) is 45.7 cm³/mol. The fourth-order valence-electron chi connectivity index (χ4n) is 0.419. The van der Waals surface area contributed by atoms with E-state index in [1.54, 1.807) is 6.20 Å². The van der Waals surface area contributed by atoms with E-state index < -0.39 is 0 Å². The van der Waals surface area contributed by atoms with E-state index >= 15 is 0 Å². The minimum atomic E-state index is -0.170. The van der Waals surface area contributed by atoms with Crippen molar-refractivity contribution in [1.82, 2.24) is 4.98 Å². The Balaban J connectivity index is 2.44. The average Bonchev–Trinajstić information content (AvgIpc) is 2.50. The standard InChI is InChI=1S/C5H4N3OPS/c9-10-3-1-7-8-5-6-2-4-11-5/h1-2,4H,(H,6,8). The fourth-order valence-corrected chi connectivity index (χ4v) is 1.00. The van der Waals surface area contributed by atoms with E-state index in [0.717, 1.165) is 0 Å². The molecule has 1 aromatic heterocycles. The molecule has 0 saturated carbocycles. The van der Waals surface area contributed by atoms with E-state index in [-0.39, 0.29) is 7.92 Å². The van der Waals surface area contributed by atoms with Gasteiger partial charge in [0.25, 0.3) is 0 Å². The molecule has 0 saturated heterocycles. The second-order valence-electron chi connectivity index (χ2n) is 1.43. The van der Waals surface area contributed by atoms with Gasteiger partial charge in [0.1, 0.15) is 0 Å². The zero-order valence-corrected chi connectivity index (χ0v) is 7.10. The van der Waals surface area contributed by atoms with Crippen LogP contribution in [0.3, 0.4) is 0 Å². The van der Waals surface area contributed by atoms with Crippen LogP contribution in [0.4, 0.5) is 5.13 Å². The van der Waals surface area contributed by atoms with Crippen LogP contribution in [0.5, 0.6) is 0 Å². The summed E-state index contributed by atoms with van der Waals surface area (Å²) in [5.41, 5.74) is 4.98. The zero-order valence-electron chi connectivity index (χ0n) is 5.39. The van der Waals surface area contributed by atoms with Crippen LogP contribution >= 0.6 is 19.3 Å². The molecule has 11 heavy (non-hydrogen) atoms. The Kier molecular flexibility index (Phi) is 3.62. The average molecular weight is 185 g/mol. The maximum atomic E-state index is 9.82. The van der Waals surface area contributed by atoms with Gasteiger partial charge in [-0.15, -0.1) is 0 Å². The molecule has 0 amide bonds. The molecule has 0 fully saturated rings. The molecule has 56 valence electrons. The summed E-state index contributed by atoms with van der Waals surface area (Å²) < 4.78 is 9.82. The van der Waals surface area contributed by atoms with Crippen molar-refractivity contribution in [3.05, 3.63) is 11.6 Å². The molecule has 1 aromatic rings. The summed E-state index contributed by atoms with van der Waals surface area (Å²) in [7, 11) is -0.170. The van der Waals surface area contributed by atoms with E-state index in [2.05, 4.69) is 21.1 Å². The maximum absolute atomic E-state index is 9.82. The van der Waals surface area contributed by atoms with Crippen molar-refractivity contribution in [2.75, 3.05) is 5.43 Å². The van der Waals surface area contributed by atoms with Crippen LogP contribution in [-0.4, -0.2) is 11.2 Å². The molecule has 1 N–H and O–H groups in total. The first kappa shape index (κ1) is 8.21. The van der Waals surface area contributed by atoms with Gasteiger partial charge in [-0.1, -0.05) is 0 Å². The van der Waals surface area contributed by atoms with Gasteiger partial charge in [-0.2, -0.15) is 0 Å². The second kappa shape index (κ2) is 4.85. The molecular formula is C5H4N3OPS. The third-order valence-corrected chi connectivity index (χ3v) is 1.67.